The van der Waals surface area contributed by atoms with Crippen LogP contribution in [-0.2, 0) is 9.53 Å². The van der Waals surface area contributed by atoms with E-state index < -0.39 is 24.2 Å². The molecule has 4 N–H and O–H groups in total. The summed E-state index contributed by atoms with van der Waals surface area (Å²) in [7, 11) is 0. The largest absolute Gasteiger partial charge is 0.491 e. The fourth-order valence-electron chi connectivity index (χ4n) is 3.18. The molecule has 0 fully saturated rings. The number of nitrogens with one attached hydrogen (secondary N) is 2. The van der Waals surface area contributed by atoms with Crippen molar-refractivity contribution in [1.29, 1.82) is 0 Å². The number of hydroxylamine groups is 1. The lowest BCUT2D eigenvalue weighted by atomic mass is 10.0. The molecule has 2 amide bonds. The highest BCUT2D eigenvalue weighted by atomic mass is 79.9. The van der Waals surface area contributed by atoms with Gasteiger partial charge in [-0.05, 0) is 48.5 Å². The van der Waals surface area contributed by atoms with E-state index in [2.05, 4.69) is 21.2 Å². The maximum Gasteiger partial charge on any atom is 0.412 e. The minimum Gasteiger partial charge on any atom is -0.491 e. The number of para-hydroxylation sites is 2. The fraction of sp³-hybridized carbons (Fsp3) is 0.154. The first kappa shape index (κ1) is 26.7. The molecular formula is C26H25BrN2O7. The highest BCUT2D eigenvalue weighted by Crippen LogP contribution is 2.33. The van der Waals surface area contributed by atoms with Crippen molar-refractivity contribution in [3.05, 3.63) is 101 Å². The number of aliphatic hydroxyl groups excluding tert-OH is 1. The Labute approximate surface area is 216 Å². The maximum absolute atomic E-state index is 12.9. The molecule has 0 aromatic heterocycles. The minimum absolute atomic E-state index is 0.0157. The van der Waals surface area contributed by atoms with Crippen LogP contribution >= 0.6 is 15.9 Å². The smallest absolute Gasteiger partial charge is 0.412 e. The molecule has 2 atom stereocenters. The van der Waals surface area contributed by atoms with E-state index in [-0.39, 0.29) is 13.2 Å². The summed E-state index contributed by atoms with van der Waals surface area (Å²) in [6.45, 7) is -0.202. The first-order valence-corrected chi connectivity index (χ1v) is 11.7. The van der Waals surface area contributed by atoms with Gasteiger partial charge in [-0.15, -0.1) is 0 Å². The number of carbonyl (C=O) groups excluding carboxylic acids is 2. The Morgan fingerprint density at radius 3 is 2.36 bits per heavy atom. The van der Waals surface area contributed by atoms with E-state index in [1.54, 1.807) is 72.8 Å². The zero-order chi connectivity index (χ0) is 25.8. The first-order valence-electron chi connectivity index (χ1n) is 10.9. The second-order valence-electron chi connectivity index (χ2n) is 7.30. The van der Waals surface area contributed by atoms with E-state index in [0.29, 0.717) is 22.7 Å². The number of benzene rings is 3. The highest BCUT2D eigenvalue weighted by molar-refractivity contribution is 9.10. The summed E-state index contributed by atoms with van der Waals surface area (Å²) in [5.74, 6) is 0.0152. The van der Waals surface area contributed by atoms with Crippen LogP contribution in [0.25, 0.3) is 0 Å². The number of rotatable bonds is 11. The maximum atomic E-state index is 12.9. The predicted molar refractivity (Wildman–Crippen MR) is 136 cm³/mol. The van der Waals surface area contributed by atoms with Gasteiger partial charge in [-0.3, -0.25) is 15.3 Å². The van der Waals surface area contributed by atoms with E-state index in [0.717, 1.165) is 10.5 Å². The Bertz CT molecular complexity index is 1160. The first-order chi connectivity index (χ1) is 17.5. The molecule has 0 heterocycles. The molecule has 0 aliphatic rings. The molecule has 0 saturated carbocycles. The highest BCUT2D eigenvalue weighted by Gasteiger charge is 2.30. The molecule has 188 valence electrons. The second-order valence-corrected chi connectivity index (χ2v) is 8.21. The normalized spacial score (nSPS) is 12.4. The van der Waals surface area contributed by atoms with Gasteiger partial charge in [0, 0.05) is 21.8 Å². The van der Waals surface area contributed by atoms with Crippen molar-refractivity contribution in [2.24, 2.45) is 0 Å². The van der Waals surface area contributed by atoms with E-state index in [9.17, 15) is 14.7 Å². The van der Waals surface area contributed by atoms with Crippen molar-refractivity contribution in [3.8, 4) is 11.5 Å². The SMILES string of the molecule is O=C(/C=C/[C@@H](Oc1ccccc1)[C@H](OC(=O)Nc1ccc(Br)cc1)c1ccccc1OCCO)NO. The monoisotopic (exact) mass is 556 g/mol. The summed E-state index contributed by atoms with van der Waals surface area (Å²) in [6.07, 6.45) is -0.467. The van der Waals surface area contributed by atoms with Gasteiger partial charge in [-0.1, -0.05) is 52.3 Å². The Balaban J connectivity index is 1.99. The number of halogens is 1. The van der Waals surface area contributed by atoms with Crippen molar-refractivity contribution in [3.63, 3.8) is 0 Å². The summed E-state index contributed by atoms with van der Waals surface area (Å²) in [6, 6.07) is 22.5. The number of amides is 2. The molecule has 9 nitrogen and oxygen atoms in total. The zero-order valence-corrected chi connectivity index (χ0v) is 20.6. The molecule has 10 heteroatoms. The Hall–Kier alpha value is -3.86. The van der Waals surface area contributed by atoms with Crippen LogP contribution in [0.4, 0.5) is 10.5 Å². The van der Waals surface area contributed by atoms with E-state index in [1.165, 1.54) is 11.6 Å². The summed E-state index contributed by atoms with van der Waals surface area (Å²) >= 11 is 3.35. The molecule has 0 unspecified atom stereocenters. The van der Waals surface area contributed by atoms with Gasteiger partial charge < -0.3 is 19.3 Å². The Morgan fingerprint density at radius 1 is 0.972 bits per heavy atom. The number of carbonyl (C=O) groups is 2. The van der Waals surface area contributed by atoms with Gasteiger partial charge in [-0.2, -0.15) is 0 Å². The average molecular weight is 557 g/mol. The Morgan fingerprint density at radius 2 is 1.67 bits per heavy atom. The van der Waals surface area contributed by atoms with Gasteiger partial charge in [0.05, 0.1) is 6.61 Å². The molecule has 0 aliphatic carbocycles. The number of ether oxygens (including phenoxy) is 3. The van der Waals surface area contributed by atoms with Gasteiger partial charge in [0.2, 0.25) is 0 Å². The molecule has 36 heavy (non-hydrogen) atoms. The van der Waals surface area contributed by atoms with Crippen LogP contribution in [0.15, 0.2) is 95.5 Å². The Kier molecular flexibility index (Phi) is 10.3. The van der Waals surface area contributed by atoms with E-state index in [1.807, 2.05) is 6.07 Å². The number of anilines is 1. The van der Waals surface area contributed by atoms with Crippen LogP contribution in [0, 0.1) is 0 Å². The van der Waals surface area contributed by atoms with Gasteiger partial charge in [0.15, 0.2) is 12.2 Å². The van der Waals surface area contributed by atoms with Gasteiger partial charge in [0.25, 0.3) is 5.91 Å². The standard InChI is InChI=1S/C26H25BrN2O7/c27-18-10-12-19(13-11-18)28-26(32)36-25(21-8-4-5-9-22(21)34-17-16-30)23(14-15-24(31)29-33)35-20-6-2-1-3-7-20/h1-15,23,25,30,33H,16-17H2,(H,28,32)(H,29,31)/b15-14+/t23-,25-/m1/s1. The summed E-state index contributed by atoms with van der Waals surface area (Å²) in [5.41, 5.74) is 2.46. The topological polar surface area (TPSA) is 126 Å². The lowest BCUT2D eigenvalue weighted by Crippen LogP contribution is -2.30. The molecule has 3 aromatic carbocycles. The summed E-state index contributed by atoms with van der Waals surface area (Å²) in [4.78, 5) is 24.7. The van der Waals surface area contributed by atoms with Crippen LogP contribution in [-0.4, -0.2) is 41.6 Å². The van der Waals surface area contributed by atoms with Crippen LogP contribution in [0.1, 0.15) is 11.7 Å². The predicted octanol–water partition coefficient (Wildman–Crippen LogP) is 4.62. The zero-order valence-electron chi connectivity index (χ0n) is 19.0. The molecule has 0 aliphatic heterocycles. The van der Waals surface area contributed by atoms with Crippen LogP contribution in [0.2, 0.25) is 0 Å². The number of aliphatic hydroxyl groups is 1. The van der Waals surface area contributed by atoms with Gasteiger partial charge in [0.1, 0.15) is 18.1 Å². The van der Waals surface area contributed by atoms with Crippen molar-refractivity contribution in [1.82, 2.24) is 5.48 Å². The van der Waals surface area contributed by atoms with Crippen LogP contribution < -0.4 is 20.3 Å². The molecule has 0 radical (unpaired) electrons. The van der Waals surface area contributed by atoms with Crippen molar-refractivity contribution in [2.45, 2.75) is 12.2 Å². The van der Waals surface area contributed by atoms with Crippen molar-refractivity contribution < 1.29 is 34.1 Å². The van der Waals surface area contributed by atoms with Crippen LogP contribution in [0.3, 0.4) is 0 Å². The molecule has 3 aromatic rings. The van der Waals surface area contributed by atoms with Crippen LogP contribution in [0.5, 0.6) is 11.5 Å². The second kappa shape index (κ2) is 13.9. The third-order valence-electron chi connectivity index (χ3n) is 4.76. The number of hydrogen-bond acceptors (Lipinski definition) is 7. The summed E-state index contributed by atoms with van der Waals surface area (Å²) < 4.78 is 18.4. The van der Waals surface area contributed by atoms with Gasteiger partial charge in [-0.25, -0.2) is 10.3 Å². The molecule has 0 spiro atoms. The van der Waals surface area contributed by atoms with Gasteiger partial charge >= 0.3 is 6.09 Å². The van der Waals surface area contributed by atoms with Crippen molar-refractivity contribution in [2.75, 3.05) is 18.5 Å². The molecular weight excluding hydrogens is 532 g/mol. The van der Waals surface area contributed by atoms with Crippen molar-refractivity contribution >= 4 is 33.6 Å². The lowest BCUT2D eigenvalue weighted by Gasteiger charge is -2.27. The fourth-order valence-corrected chi connectivity index (χ4v) is 3.45. The third-order valence-corrected chi connectivity index (χ3v) is 5.29. The quantitative estimate of drug-likeness (QED) is 0.154. The summed E-state index contributed by atoms with van der Waals surface area (Å²) in [5, 5.41) is 20.8. The third kappa shape index (κ3) is 8.12. The average Bonchev–Trinajstić information content (AvgIpc) is 2.90. The van der Waals surface area contributed by atoms with E-state index >= 15 is 0 Å². The number of hydrogen-bond donors (Lipinski definition) is 4. The van der Waals surface area contributed by atoms with E-state index in [4.69, 9.17) is 19.4 Å². The molecule has 3 rings (SSSR count). The lowest BCUT2D eigenvalue weighted by molar-refractivity contribution is -0.124. The molecule has 0 saturated heterocycles. The minimum atomic E-state index is -1.10. The molecule has 0 bridgehead atoms.